The standard InChI is InChI=1S/C21H25F2N5O2.3CH4O3S/c1-3-15-17-19(29)20(30)18(16-13(22)5-4-6-14(16)23)24-21(17)28(25-15)12-11-27-9-7-26(2)8-10-27;3*1-5(2,3)4/h4-6,30H,3,7-12H2,1-2H3,(H,24,29);3*1H3,(H,2,3,4). The van der Waals surface area contributed by atoms with Crippen LogP contribution in [0.1, 0.15) is 12.6 Å². The maximum absolute atomic E-state index is 14.3. The van der Waals surface area contributed by atoms with Crippen LogP contribution in [0.3, 0.4) is 0 Å². The lowest BCUT2D eigenvalue weighted by Gasteiger charge is -2.32. The molecule has 5 N–H and O–H groups in total. The van der Waals surface area contributed by atoms with Crippen molar-refractivity contribution < 1.29 is 52.8 Å². The summed E-state index contributed by atoms with van der Waals surface area (Å²) >= 11 is 0. The molecule has 1 saturated heterocycles. The fourth-order valence-electron chi connectivity index (χ4n) is 3.92. The highest BCUT2D eigenvalue weighted by molar-refractivity contribution is 7.85. The molecule has 2 aromatic heterocycles. The number of nitrogens with zero attached hydrogens (tertiary/aromatic N) is 4. The second-order valence-electron chi connectivity index (χ2n) is 9.87. The molecule has 0 aliphatic carbocycles. The van der Waals surface area contributed by atoms with Gasteiger partial charge in [0.25, 0.3) is 30.4 Å². The summed E-state index contributed by atoms with van der Waals surface area (Å²) in [6, 6.07) is 3.41. The van der Waals surface area contributed by atoms with Crippen molar-refractivity contribution in [3.05, 3.63) is 45.8 Å². The van der Waals surface area contributed by atoms with Crippen molar-refractivity contribution in [3.8, 4) is 17.0 Å². The van der Waals surface area contributed by atoms with Gasteiger partial charge in [0.1, 0.15) is 17.3 Å². The van der Waals surface area contributed by atoms with E-state index < -0.39 is 58.7 Å². The zero-order chi connectivity index (χ0) is 34.9. The number of aromatic hydroxyl groups is 1. The summed E-state index contributed by atoms with van der Waals surface area (Å²) in [7, 11) is -8.91. The molecule has 0 unspecified atom stereocenters. The van der Waals surface area contributed by atoms with Crippen molar-refractivity contribution in [2.45, 2.75) is 19.9 Å². The Labute approximate surface area is 259 Å². The fraction of sp³-hybridized carbons (Fsp3) is 0.500. The molecule has 1 aliphatic rings. The van der Waals surface area contributed by atoms with Crippen LogP contribution in [0.5, 0.6) is 5.75 Å². The number of rotatable bonds is 5. The Morgan fingerprint density at radius 3 is 1.73 bits per heavy atom. The highest BCUT2D eigenvalue weighted by Crippen LogP contribution is 2.31. The molecule has 0 atom stereocenters. The number of piperazine rings is 1. The third-order valence-corrected chi connectivity index (χ3v) is 5.72. The molecule has 0 radical (unpaired) electrons. The number of hydrogen-bond acceptors (Lipinski definition) is 11. The summed E-state index contributed by atoms with van der Waals surface area (Å²) in [6.45, 7) is 6.98. The SMILES string of the molecule is CCc1nn(CCN2CCN(C)CC2)c2[nH]c(-c3c(F)cccc3F)c(O)c(=O)c12.CS(=O)(=O)O.CS(=O)(=O)O.CS(=O)(=O)O. The molecule has 256 valence electrons. The van der Waals surface area contributed by atoms with E-state index in [0.29, 0.717) is 43.1 Å². The first-order valence-electron chi connectivity index (χ1n) is 12.9. The normalized spacial score (nSPS) is 14.4. The van der Waals surface area contributed by atoms with Crippen molar-refractivity contribution in [1.82, 2.24) is 24.6 Å². The van der Waals surface area contributed by atoms with Crippen LogP contribution < -0.4 is 5.43 Å². The monoisotopic (exact) mass is 705 g/mol. The van der Waals surface area contributed by atoms with Crippen LogP contribution in [0, 0.1) is 11.6 Å². The highest BCUT2D eigenvalue weighted by Gasteiger charge is 2.24. The molecule has 1 aliphatic heterocycles. The quantitative estimate of drug-likeness (QED) is 0.230. The van der Waals surface area contributed by atoms with E-state index in [-0.39, 0.29) is 11.1 Å². The zero-order valence-electron chi connectivity index (χ0n) is 25.1. The molecule has 3 heterocycles. The predicted molar refractivity (Wildman–Crippen MR) is 163 cm³/mol. The number of aromatic nitrogens is 3. The third kappa shape index (κ3) is 15.2. The van der Waals surface area contributed by atoms with Crippen molar-refractivity contribution >= 4 is 41.4 Å². The molecule has 1 fully saturated rings. The Hall–Kier alpha value is -3.05. The third-order valence-electron chi connectivity index (χ3n) is 5.72. The van der Waals surface area contributed by atoms with Gasteiger partial charge >= 0.3 is 0 Å². The van der Waals surface area contributed by atoms with Gasteiger partial charge < -0.3 is 15.0 Å². The summed E-state index contributed by atoms with van der Waals surface area (Å²) in [6.07, 6.45) is 2.64. The lowest BCUT2D eigenvalue weighted by molar-refractivity contribution is 0.149. The van der Waals surface area contributed by atoms with Crippen molar-refractivity contribution in [3.63, 3.8) is 0 Å². The molecule has 0 saturated carbocycles. The number of nitrogens with one attached hydrogen (secondary N) is 1. The number of hydrogen-bond donors (Lipinski definition) is 5. The van der Waals surface area contributed by atoms with Gasteiger partial charge in [-0.15, -0.1) is 0 Å². The van der Waals surface area contributed by atoms with Gasteiger partial charge in [-0.3, -0.25) is 23.4 Å². The Balaban J connectivity index is 0.000000562. The number of H-pyrrole nitrogens is 1. The van der Waals surface area contributed by atoms with Gasteiger partial charge in [-0.25, -0.2) is 13.5 Å². The minimum Gasteiger partial charge on any atom is -0.503 e. The molecule has 45 heavy (non-hydrogen) atoms. The van der Waals surface area contributed by atoms with Crippen molar-refractivity contribution in [2.24, 2.45) is 0 Å². The van der Waals surface area contributed by atoms with E-state index in [0.717, 1.165) is 44.9 Å². The average Bonchev–Trinajstić information content (AvgIpc) is 3.21. The van der Waals surface area contributed by atoms with Crippen LogP contribution in [0.2, 0.25) is 0 Å². The summed E-state index contributed by atoms with van der Waals surface area (Å²) in [4.78, 5) is 20.4. The van der Waals surface area contributed by atoms with Gasteiger partial charge in [0.05, 0.1) is 47.6 Å². The lowest BCUT2D eigenvalue weighted by Crippen LogP contribution is -2.45. The van der Waals surface area contributed by atoms with Gasteiger partial charge in [-0.2, -0.15) is 30.4 Å². The van der Waals surface area contributed by atoms with Crippen LogP contribution in [0.25, 0.3) is 22.3 Å². The summed E-state index contributed by atoms with van der Waals surface area (Å²) in [5.41, 5.74) is -0.503. The summed E-state index contributed by atoms with van der Waals surface area (Å²) < 4.78 is 108. The van der Waals surface area contributed by atoms with E-state index in [1.165, 1.54) is 6.07 Å². The topological polar surface area (TPSA) is 240 Å². The maximum Gasteiger partial charge on any atom is 0.261 e. The van der Waals surface area contributed by atoms with Gasteiger partial charge in [-0.05, 0) is 25.6 Å². The van der Waals surface area contributed by atoms with Gasteiger partial charge in [-0.1, -0.05) is 13.0 Å². The Bertz CT molecular complexity index is 1720. The van der Waals surface area contributed by atoms with E-state index in [1.807, 2.05) is 6.92 Å². The number of likely N-dealkylation sites (N-methyl/N-ethyl adjacent to an activating group) is 1. The van der Waals surface area contributed by atoms with E-state index in [2.05, 4.69) is 26.9 Å². The number of halogens is 2. The number of fused-ring (bicyclic) bond motifs is 1. The largest absolute Gasteiger partial charge is 0.503 e. The van der Waals surface area contributed by atoms with Crippen LogP contribution in [-0.4, -0.2) is 127 Å². The Morgan fingerprint density at radius 2 is 1.31 bits per heavy atom. The van der Waals surface area contributed by atoms with Crippen molar-refractivity contribution in [1.29, 1.82) is 0 Å². The molecule has 0 bridgehead atoms. The minimum absolute atomic E-state index is 0.258. The molecule has 0 spiro atoms. The highest BCUT2D eigenvalue weighted by atomic mass is 32.2. The summed E-state index contributed by atoms with van der Waals surface area (Å²) in [5, 5.41) is 15.3. The maximum atomic E-state index is 14.3. The first-order chi connectivity index (χ1) is 20.4. The van der Waals surface area contributed by atoms with Crippen molar-refractivity contribution in [2.75, 3.05) is 58.5 Å². The molecule has 21 heteroatoms. The Morgan fingerprint density at radius 1 is 0.867 bits per heavy atom. The van der Waals surface area contributed by atoms with E-state index in [4.69, 9.17) is 13.7 Å². The Kier molecular flexibility index (Phi) is 14.7. The lowest BCUT2D eigenvalue weighted by atomic mass is 10.1. The smallest absolute Gasteiger partial charge is 0.261 e. The van der Waals surface area contributed by atoms with Gasteiger partial charge in [0, 0.05) is 32.7 Å². The van der Waals surface area contributed by atoms with E-state index >= 15 is 0 Å². The number of aromatic amines is 1. The molecule has 1 aromatic carbocycles. The number of pyridine rings is 1. The molecule has 3 aromatic rings. The second kappa shape index (κ2) is 16.5. The minimum atomic E-state index is -3.67. The first kappa shape index (κ1) is 40.0. The van der Waals surface area contributed by atoms with Gasteiger partial charge in [0.15, 0.2) is 5.75 Å². The van der Waals surface area contributed by atoms with Crippen LogP contribution >= 0.6 is 0 Å². The molecule has 0 amide bonds. The molecular formula is C24H37F2N5O11S3. The van der Waals surface area contributed by atoms with E-state index in [1.54, 1.807) is 4.68 Å². The zero-order valence-corrected chi connectivity index (χ0v) is 27.5. The predicted octanol–water partition coefficient (Wildman–Crippen LogP) is 0.697. The summed E-state index contributed by atoms with van der Waals surface area (Å²) in [5.74, 6) is -2.43. The van der Waals surface area contributed by atoms with Crippen LogP contribution in [-0.2, 0) is 43.3 Å². The molecule has 16 nitrogen and oxygen atoms in total. The second-order valence-corrected chi connectivity index (χ2v) is 14.3. The number of aryl methyl sites for hydroxylation is 1. The van der Waals surface area contributed by atoms with E-state index in [9.17, 15) is 43.9 Å². The average molecular weight is 706 g/mol. The molecule has 4 rings (SSSR count). The van der Waals surface area contributed by atoms with Crippen LogP contribution in [0.15, 0.2) is 23.0 Å². The molecular weight excluding hydrogens is 668 g/mol. The first-order valence-corrected chi connectivity index (χ1v) is 18.4. The number of benzene rings is 1. The van der Waals surface area contributed by atoms with Gasteiger partial charge in [0.2, 0.25) is 5.43 Å². The fourth-order valence-corrected chi connectivity index (χ4v) is 3.92. The van der Waals surface area contributed by atoms with Crippen LogP contribution in [0.4, 0.5) is 8.78 Å².